The van der Waals surface area contributed by atoms with Gasteiger partial charge in [0.25, 0.3) is 0 Å². The zero-order chi connectivity index (χ0) is 22.4. The lowest BCUT2D eigenvalue weighted by Crippen LogP contribution is -2.19. The monoisotopic (exact) mass is 439 g/mol. The number of thiophene rings is 1. The van der Waals surface area contributed by atoms with Gasteiger partial charge in [0.05, 0.1) is 11.6 Å². The molecule has 0 bridgehead atoms. The molecule has 0 radical (unpaired) electrons. The molecule has 2 amide bonds. The number of carbonyl (C=O) groups is 2. The minimum Gasteiger partial charge on any atom is -0.462 e. The molecule has 8 heteroatoms. The number of pyridine rings is 1. The molecule has 0 unspecified atom stereocenters. The summed E-state index contributed by atoms with van der Waals surface area (Å²) in [6.07, 6.45) is 1.60. The minimum absolute atomic E-state index is 0.119. The predicted molar refractivity (Wildman–Crippen MR) is 122 cm³/mol. The van der Waals surface area contributed by atoms with Crippen LogP contribution >= 0.6 is 11.3 Å². The quantitative estimate of drug-likeness (QED) is 0.456. The molecule has 0 aliphatic rings. The first-order chi connectivity index (χ1) is 14.8. The second kappa shape index (κ2) is 9.61. The molecular weight excluding hydrogens is 414 g/mol. The third-order valence-corrected chi connectivity index (χ3v) is 5.22. The largest absolute Gasteiger partial charge is 0.462 e. The van der Waals surface area contributed by atoms with Gasteiger partial charge in [-0.05, 0) is 42.7 Å². The average Bonchev–Trinajstić information content (AvgIpc) is 3.18. The van der Waals surface area contributed by atoms with E-state index in [2.05, 4.69) is 36.4 Å². The number of benzene rings is 1. The van der Waals surface area contributed by atoms with Crippen molar-refractivity contribution in [2.75, 3.05) is 17.2 Å². The molecule has 3 aromatic rings. The van der Waals surface area contributed by atoms with E-state index in [-0.39, 0.29) is 11.3 Å². The zero-order valence-corrected chi connectivity index (χ0v) is 18.7. The van der Waals surface area contributed by atoms with Crippen LogP contribution in [0.5, 0.6) is 11.6 Å². The third kappa shape index (κ3) is 5.82. The second-order valence-electron chi connectivity index (χ2n) is 7.67. The molecule has 0 fully saturated rings. The second-order valence-corrected chi connectivity index (χ2v) is 8.75. The number of esters is 1. The summed E-state index contributed by atoms with van der Waals surface area (Å²) in [6.45, 7) is 8.34. The molecule has 162 valence electrons. The fourth-order valence-corrected chi connectivity index (χ4v) is 3.62. The maximum absolute atomic E-state index is 12.5. The maximum Gasteiger partial charge on any atom is 0.348 e. The first kappa shape index (κ1) is 22.3. The van der Waals surface area contributed by atoms with Gasteiger partial charge in [0, 0.05) is 11.8 Å². The number of hydrogen-bond donors (Lipinski definition) is 2. The summed E-state index contributed by atoms with van der Waals surface area (Å²) >= 11 is 1.14. The van der Waals surface area contributed by atoms with Crippen LogP contribution in [0.4, 0.5) is 15.5 Å². The molecule has 7 nitrogen and oxygen atoms in total. The number of nitrogens with zero attached hydrogens (tertiary/aromatic N) is 1. The summed E-state index contributed by atoms with van der Waals surface area (Å²) in [6, 6.07) is 13.9. The van der Waals surface area contributed by atoms with Crippen molar-refractivity contribution < 1.29 is 19.1 Å². The minimum atomic E-state index is -0.473. The highest BCUT2D eigenvalue weighted by atomic mass is 32.1. The Kier molecular flexibility index (Phi) is 6.91. The van der Waals surface area contributed by atoms with Crippen LogP contribution in [0.3, 0.4) is 0 Å². The summed E-state index contributed by atoms with van der Waals surface area (Å²) in [5.74, 6) is 0.545. The number of carbonyl (C=O) groups excluding carboxylic acids is 2. The van der Waals surface area contributed by atoms with Crippen molar-refractivity contribution in [1.29, 1.82) is 0 Å². The van der Waals surface area contributed by atoms with E-state index in [1.807, 2.05) is 24.3 Å². The fourth-order valence-electron chi connectivity index (χ4n) is 2.83. The van der Waals surface area contributed by atoms with Crippen molar-refractivity contribution in [3.05, 3.63) is 65.2 Å². The van der Waals surface area contributed by atoms with Crippen LogP contribution in [0.15, 0.2) is 54.7 Å². The molecule has 1 aromatic carbocycles. The summed E-state index contributed by atoms with van der Waals surface area (Å²) in [4.78, 5) is 29.0. The molecule has 2 N–H and O–H groups in total. The third-order valence-electron chi connectivity index (χ3n) is 4.24. The molecule has 0 atom stereocenters. The molecule has 2 heterocycles. The van der Waals surface area contributed by atoms with Crippen molar-refractivity contribution in [2.24, 2.45) is 0 Å². The highest BCUT2D eigenvalue weighted by molar-refractivity contribution is 7.18. The van der Waals surface area contributed by atoms with E-state index in [1.165, 1.54) is 0 Å². The van der Waals surface area contributed by atoms with E-state index >= 15 is 0 Å². The van der Waals surface area contributed by atoms with Gasteiger partial charge in [-0.1, -0.05) is 39.0 Å². The summed E-state index contributed by atoms with van der Waals surface area (Å²) in [5.41, 5.74) is 1.33. The zero-order valence-electron chi connectivity index (χ0n) is 17.9. The van der Waals surface area contributed by atoms with E-state index < -0.39 is 12.0 Å². The Hall–Kier alpha value is -3.39. The van der Waals surface area contributed by atoms with Crippen molar-refractivity contribution >= 4 is 34.0 Å². The Morgan fingerprint density at radius 2 is 1.81 bits per heavy atom. The van der Waals surface area contributed by atoms with Crippen LogP contribution in [0.2, 0.25) is 0 Å². The van der Waals surface area contributed by atoms with E-state index in [0.717, 1.165) is 16.9 Å². The van der Waals surface area contributed by atoms with Crippen LogP contribution in [0.1, 0.15) is 42.9 Å². The standard InChI is InChI=1S/C23H25N3O4S/c1-5-29-21(27)18-12-13-19(31-18)26-22(28)25-16-10-8-14-24-20(16)30-17-11-7-6-9-15(17)23(2,3)4/h6-14H,5H2,1-4H3,(H2,25,26,28). The average molecular weight is 440 g/mol. The molecule has 3 rings (SSSR count). The normalized spacial score (nSPS) is 11.0. The van der Waals surface area contributed by atoms with Gasteiger partial charge >= 0.3 is 12.0 Å². The van der Waals surface area contributed by atoms with Crippen LogP contribution in [0.25, 0.3) is 0 Å². The van der Waals surface area contributed by atoms with Crippen LogP contribution < -0.4 is 15.4 Å². The first-order valence-electron chi connectivity index (χ1n) is 9.85. The van der Waals surface area contributed by atoms with Crippen molar-refractivity contribution in [2.45, 2.75) is 33.1 Å². The lowest BCUT2D eigenvalue weighted by molar-refractivity contribution is 0.0532. The van der Waals surface area contributed by atoms with Gasteiger partial charge in [-0.25, -0.2) is 14.6 Å². The summed E-state index contributed by atoms with van der Waals surface area (Å²) in [7, 11) is 0. The molecule has 0 aliphatic heterocycles. The Labute approximate surface area is 185 Å². The van der Waals surface area contributed by atoms with E-state index in [4.69, 9.17) is 9.47 Å². The molecule has 0 aliphatic carbocycles. The maximum atomic E-state index is 12.5. The molecule has 0 saturated heterocycles. The number of urea groups is 1. The van der Waals surface area contributed by atoms with Gasteiger partial charge in [0.2, 0.25) is 5.88 Å². The number of anilines is 2. The molecule has 2 aromatic heterocycles. The Morgan fingerprint density at radius 1 is 1.03 bits per heavy atom. The van der Waals surface area contributed by atoms with Crippen molar-refractivity contribution in [3.63, 3.8) is 0 Å². The first-order valence-corrected chi connectivity index (χ1v) is 10.7. The van der Waals surface area contributed by atoms with Gasteiger partial charge in [-0.15, -0.1) is 11.3 Å². The van der Waals surface area contributed by atoms with Crippen molar-refractivity contribution in [3.8, 4) is 11.6 Å². The summed E-state index contributed by atoms with van der Waals surface area (Å²) < 4.78 is 11.0. The highest BCUT2D eigenvalue weighted by Gasteiger charge is 2.20. The van der Waals surface area contributed by atoms with Crippen LogP contribution in [0, 0.1) is 0 Å². The van der Waals surface area contributed by atoms with Gasteiger partial charge in [-0.2, -0.15) is 0 Å². The topological polar surface area (TPSA) is 89.5 Å². The predicted octanol–water partition coefficient (Wildman–Crippen LogP) is 6.05. The summed E-state index contributed by atoms with van der Waals surface area (Å²) in [5, 5.41) is 5.98. The van der Waals surface area contributed by atoms with Gasteiger partial charge < -0.3 is 14.8 Å². The smallest absolute Gasteiger partial charge is 0.348 e. The van der Waals surface area contributed by atoms with E-state index in [9.17, 15) is 9.59 Å². The van der Waals surface area contributed by atoms with Crippen molar-refractivity contribution in [1.82, 2.24) is 4.98 Å². The van der Waals surface area contributed by atoms with Crippen LogP contribution in [-0.2, 0) is 10.2 Å². The number of para-hydroxylation sites is 1. The number of rotatable bonds is 6. The Morgan fingerprint density at radius 3 is 2.55 bits per heavy atom. The number of hydrogen-bond acceptors (Lipinski definition) is 6. The van der Waals surface area contributed by atoms with Crippen LogP contribution in [-0.4, -0.2) is 23.6 Å². The number of nitrogens with one attached hydrogen (secondary N) is 2. The van der Waals surface area contributed by atoms with Gasteiger partial charge in [0.15, 0.2) is 0 Å². The van der Waals surface area contributed by atoms with Gasteiger partial charge in [0.1, 0.15) is 16.3 Å². The SMILES string of the molecule is CCOC(=O)c1ccc(NC(=O)Nc2cccnc2Oc2ccccc2C(C)(C)C)s1. The number of aromatic nitrogens is 1. The number of amides is 2. The fraction of sp³-hybridized carbons (Fsp3) is 0.261. The highest BCUT2D eigenvalue weighted by Crippen LogP contribution is 2.35. The Bertz CT molecular complexity index is 1070. The number of ether oxygens (including phenoxy) is 2. The van der Waals surface area contributed by atoms with E-state index in [0.29, 0.717) is 27.9 Å². The van der Waals surface area contributed by atoms with Gasteiger partial charge in [-0.3, -0.25) is 5.32 Å². The molecule has 31 heavy (non-hydrogen) atoms. The lowest BCUT2D eigenvalue weighted by Gasteiger charge is -2.22. The lowest BCUT2D eigenvalue weighted by atomic mass is 9.86. The Balaban J connectivity index is 1.73. The molecular formula is C23H25N3O4S. The van der Waals surface area contributed by atoms with E-state index in [1.54, 1.807) is 37.4 Å². The molecule has 0 spiro atoms. The molecule has 0 saturated carbocycles.